The third-order valence-electron chi connectivity index (χ3n) is 0.929. The van der Waals surface area contributed by atoms with E-state index < -0.39 is 6.03 Å². The van der Waals surface area contributed by atoms with E-state index in [-0.39, 0.29) is 2.85 Å². The van der Waals surface area contributed by atoms with Crippen molar-refractivity contribution in [3.63, 3.8) is 0 Å². The molecule has 0 fully saturated rings. The molecule has 0 radical (unpaired) electrons. The summed E-state index contributed by atoms with van der Waals surface area (Å²) in [4.78, 5) is 14.0. The quantitative estimate of drug-likeness (QED) is 0.614. The highest BCUT2D eigenvalue weighted by molar-refractivity contribution is 5.87. The number of hydrogen-bond acceptors (Lipinski definition) is 2. The van der Waals surface area contributed by atoms with Crippen LogP contribution in [0.5, 0.6) is 0 Å². The first-order chi connectivity index (χ1) is 4.79. The third-order valence-corrected chi connectivity index (χ3v) is 0.929. The number of anilines is 1. The Morgan fingerprint density at radius 2 is 2.60 bits per heavy atom. The molecule has 0 bridgehead atoms. The summed E-state index contributed by atoms with van der Waals surface area (Å²) < 4.78 is 0. The molecule has 0 spiro atoms. The maximum absolute atomic E-state index is 10.3. The standard InChI is InChI=1S/C6H7N3O.2H2/c7-6(10)9-5-2-1-3-8-4-5;;/h1-4H,(H3,7,9,10);2*1H. The van der Waals surface area contributed by atoms with Crippen LogP contribution >= 0.6 is 0 Å². The van der Waals surface area contributed by atoms with Crippen molar-refractivity contribution in [3.8, 4) is 0 Å². The van der Waals surface area contributed by atoms with Gasteiger partial charge in [0.25, 0.3) is 0 Å². The first-order valence-corrected chi connectivity index (χ1v) is 2.75. The zero-order valence-electron chi connectivity index (χ0n) is 5.24. The van der Waals surface area contributed by atoms with Gasteiger partial charge in [-0.05, 0) is 12.1 Å². The summed E-state index contributed by atoms with van der Waals surface area (Å²) in [5.74, 6) is 0. The number of aromatic nitrogens is 1. The lowest BCUT2D eigenvalue weighted by Gasteiger charge is -1.97. The van der Waals surface area contributed by atoms with Crippen molar-refractivity contribution < 1.29 is 7.65 Å². The van der Waals surface area contributed by atoms with E-state index in [4.69, 9.17) is 5.73 Å². The third kappa shape index (κ3) is 1.74. The van der Waals surface area contributed by atoms with E-state index in [9.17, 15) is 4.79 Å². The smallest absolute Gasteiger partial charge is 0.316 e. The van der Waals surface area contributed by atoms with Gasteiger partial charge in [-0.15, -0.1) is 0 Å². The normalized spacial score (nSPS) is 8.80. The summed E-state index contributed by atoms with van der Waals surface area (Å²) >= 11 is 0. The van der Waals surface area contributed by atoms with Gasteiger partial charge in [-0.3, -0.25) is 4.98 Å². The highest BCUT2D eigenvalue weighted by Crippen LogP contribution is 2.00. The van der Waals surface area contributed by atoms with Gasteiger partial charge in [-0.25, -0.2) is 4.79 Å². The van der Waals surface area contributed by atoms with E-state index in [1.807, 2.05) is 0 Å². The Morgan fingerprint density at radius 3 is 3.10 bits per heavy atom. The molecule has 0 aliphatic carbocycles. The minimum Gasteiger partial charge on any atom is -0.351 e. The lowest BCUT2D eigenvalue weighted by Crippen LogP contribution is -2.19. The Labute approximate surface area is 61.0 Å². The van der Waals surface area contributed by atoms with Crippen LogP contribution in [0.4, 0.5) is 10.5 Å². The van der Waals surface area contributed by atoms with Gasteiger partial charge in [0.1, 0.15) is 0 Å². The first kappa shape index (κ1) is 6.54. The van der Waals surface area contributed by atoms with Crippen molar-refractivity contribution >= 4 is 11.7 Å². The first-order valence-electron chi connectivity index (χ1n) is 2.75. The van der Waals surface area contributed by atoms with Crippen molar-refractivity contribution in [2.24, 2.45) is 5.73 Å². The zero-order valence-corrected chi connectivity index (χ0v) is 5.24. The van der Waals surface area contributed by atoms with Crippen LogP contribution in [0.15, 0.2) is 24.5 Å². The molecular weight excluding hydrogens is 130 g/mol. The van der Waals surface area contributed by atoms with Gasteiger partial charge in [0, 0.05) is 9.05 Å². The van der Waals surface area contributed by atoms with E-state index in [0.717, 1.165) is 0 Å². The number of rotatable bonds is 1. The molecule has 1 aromatic heterocycles. The number of nitrogens with two attached hydrogens (primary N) is 1. The molecule has 10 heavy (non-hydrogen) atoms. The van der Waals surface area contributed by atoms with Gasteiger partial charge in [-0.2, -0.15) is 0 Å². The molecule has 0 aromatic carbocycles. The van der Waals surface area contributed by atoms with Crippen molar-refractivity contribution in [3.05, 3.63) is 24.5 Å². The largest absolute Gasteiger partial charge is 0.351 e. The molecule has 4 heteroatoms. The monoisotopic (exact) mass is 141 g/mol. The van der Waals surface area contributed by atoms with Gasteiger partial charge < -0.3 is 11.1 Å². The number of hydrogen-bond donors (Lipinski definition) is 2. The second-order valence-electron chi connectivity index (χ2n) is 1.73. The second kappa shape index (κ2) is 2.82. The number of nitrogens with zero attached hydrogens (tertiary/aromatic N) is 1. The molecule has 3 N–H and O–H groups in total. The fraction of sp³-hybridized carbons (Fsp3) is 0. The van der Waals surface area contributed by atoms with E-state index in [1.165, 1.54) is 6.20 Å². The summed E-state index contributed by atoms with van der Waals surface area (Å²) in [6, 6.07) is 2.84. The Bertz CT molecular complexity index is 229. The van der Waals surface area contributed by atoms with Crippen LogP contribution in [0.3, 0.4) is 0 Å². The molecule has 56 valence electrons. The van der Waals surface area contributed by atoms with Crippen molar-refractivity contribution in [2.75, 3.05) is 5.32 Å². The molecule has 2 amide bonds. The van der Waals surface area contributed by atoms with Crippen LogP contribution in [0.1, 0.15) is 2.85 Å². The maximum Gasteiger partial charge on any atom is 0.316 e. The molecular formula is C6H11N3O. The number of carbonyl (C=O) groups is 1. The summed E-state index contributed by atoms with van der Waals surface area (Å²) in [7, 11) is 0. The zero-order chi connectivity index (χ0) is 7.40. The predicted octanol–water partition coefficient (Wildman–Crippen LogP) is 1.06. The average Bonchev–Trinajstić information content (AvgIpc) is 1.88. The number of primary amides is 1. The Balaban J connectivity index is 0. The van der Waals surface area contributed by atoms with Crippen LogP contribution in [-0.2, 0) is 0 Å². The van der Waals surface area contributed by atoms with Crippen LogP contribution in [-0.4, -0.2) is 11.0 Å². The summed E-state index contributed by atoms with van der Waals surface area (Å²) in [6.07, 6.45) is 3.14. The average molecular weight is 141 g/mol. The number of pyridine rings is 1. The lowest BCUT2D eigenvalue weighted by atomic mass is 10.4. The molecule has 0 aliphatic rings. The van der Waals surface area contributed by atoms with Crippen LogP contribution in [0.25, 0.3) is 0 Å². The van der Waals surface area contributed by atoms with Gasteiger partial charge in [-0.1, -0.05) is 0 Å². The van der Waals surface area contributed by atoms with Crippen molar-refractivity contribution in [1.82, 2.24) is 4.98 Å². The molecule has 0 aliphatic heterocycles. The molecule has 0 saturated heterocycles. The number of nitrogens with one attached hydrogen (secondary N) is 1. The van der Waals surface area contributed by atoms with E-state index in [1.54, 1.807) is 18.3 Å². The van der Waals surface area contributed by atoms with Crippen LogP contribution in [0.2, 0.25) is 0 Å². The molecule has 1 rings (SSSR count). The van der Waals surface area contributed by atoms with Gasteiger partial charge in [0.2, 0.25) is 0 Å². The van der Waals surface area contributed by atoms with Crippen molar-refractivity contribution in [2.45, 2.75) is 0 Å². The summed E-state index contributed by atoms with van der Waals surface area (Å²) in [6.45, 7) is 0. The number of urea groups is 1. The fourth-order valence-corrected chi connectivity index (χ4v) is 0.579. The highest BCUT2D eigenvalue weighted by Gasteiger charge is 1.91. The summed E-state index contributed by atoms with van der Waals surface area (Å²) in [5.41, 5.74) is 5.45. The Morgan fingerprint density at radius 1 is 1.80 bits per heavy atom. The van der Waals surface area contributed by atoms with Gasteiger partial charge >= 0.3 is 6.03 Å². The number of carbonyl (C=O) groups excluding carboxylic acids is 1. The van der Waals surface area contributed by atoms with E-state index >= 15 is 0 Å². The second-order valence-corrected chi connectivity index (χ2v) is 1.73. The molecule has 4 nitrogen and oxygen atoms in total. The van der Waals surface area contributed by atoms with Gasteiger partial charge in [0.05, 0.1) is 11.9 Å². The topological polar surface area (TPSA) is 68.0 Å². The molecule has 1 heterocycles. The van der Waals surface area contributed by atoms with E-state index in [2.05, 4.69) is 10.3 Å². The van der Waals surface area contributed by atoms with Crippen molar-refractivity contribution in [1.29, 1.82) is 0 Å². The van der Waals surface area contributed by atoms with E-state index in [0.29, 0.717) is 5.69 Å². The molecule has 0 saturated carbocycles. The lowest BCUT2D eigenvalue weighted by molar-refractivity contribution is 0.259. The molecule has 1 aromatic rings. The fourth-order valence-electron chi connectivity index (χ4n) is 0.579. The minimum atomic E-state index is -0.576. The SMILES string of the molecule is NC(=O)Nc1cccnc1.[HH].[HH]. The Kier molecular flexibility index (Phi) is 1.84. The maximum atomic E-state index is 10.3. The van der Waals surface area contributed by atoms with Gasteiger partial charge in [0.15, 0.2) is 0 Å². The number of amides is 2. The molecule has 0 unspecified atom stereocenters. The molecule has 0 atom stereocenters. The minimum absolute atomic E-state index is 0. The van der Waals surface area contributed by atoms with Crippen LogP contribution in [0, 0.1) is 0 Å². The highest BCUT2D eigenvalue weighted by atomic mass is 16.2. The van der Waals surface area contributed by atoms with Crippen LogP contribution < -0.4 is 11.1 Å². The summed E-state index contributed by atoms with van der Waals surface area (Å²) in [5, 5.41) is 2.38. The Hall–Kier alpha value is -1.58. The predicted molar refractivity (Wildman–Crippen MR) is 41.7 cm³/mol.